The molecule has 19 heavy (non-hydrogen) atoms. The molecular weight excluding hydrogens is 245 g/mol. The lowest BCUT2D eigenvalue weighted by Gasteiger charge is -2.15. The van der Waals surface area contributed by atoms with E-state index in [1.54, 1.807) is 36.2 Å². The van der Waals surface area contributed by atoms with Gasteiger partial charge in [-0.05, 0) is 31.2 Å². The highest BCUT2D eigenvalue weighted by atomic mass is 19.1. The quantitative estimate of drug-likeness (QED) is 0.845. The van der Waals surface area contributed by atoms with Gasteiger partial charge in [0.15, 0.2) is 5.82 Å². The standard InChI is InChI=1S/C14H14FN3O/c1-10(19)9-18(2)14-7-6-13(16-17-14)11-4-3-5-12(15)8-11/h3-8H,9H2,1-2H3. The minimum absolute atomic E-state index is 0.0542. The van der Waals surface area contributed by atoms with Gasteiger partial charge in [-0.2, -0.15) is 0 Å². The number of carbonyl (C=O) groups is 1. The Morgan fingerprint density at radius 2 is 2.05 bits per heavy atom. The molecule has 2 rings (SSSR count). The van der Waals surface area contributed by atoms with Crippen LogP contribution in [0.4, 0.5) is 10.2 Å². The van der Waals surface area contributed by atoms with Gasteiger partial charge in [0, 0.05) is 12.6 Å². The van der Waals surface area contributed by atoms with E-state index in [9.17, 15) is 9.18 Å². The Morgan fingerprint density at radius 3 is 2.63 bits per heavy atom. The van der Waals surface area contributed by atoms with E-state index in [0.717, 1.165) is 0 Å². The summed E-state index contributed by atoms with van der Waals surface area (Å²) in [7, 11) is 1.77. The predicted molar refractivity (Wildman–Crippen MR) is 71.4 cm³/mol. The normalized spacial score (nSPS) is 10.3. The van der Waals surface area contributed by atoms with Crippen LogP contribution in [0.5, 0.6) is 0 Å². The summed E-state index contributed by atoms with van der Waals surface area (Å²) in [6, 6.07) is 9.70. The van der Waals surface area contributed by atoms with Crippen LogP contribution in [-0.4, -0.2) is 29.6 Å². The van der Waals surface area contributed by atoms with Crippen molar-refractivity contribution in [2.45, 2.75) is 6.92 Å². The fourth-order valence-corrected chi connectivity index (χ4v) is 1.75. The molecule has 1 aromatic heterocycles. The SMILES string of the molecule is CC(=O)CN(C)c1ccc(-c2cccc(F)c2)nn1. The van der Waals surface area contributed by atoms with Crippen LogP contribution in [0.1, 0.15) is 6.92 Å². The Labute approximate surface area is 110 Å². The molecule has 1 aromatic carbocycles. The first-order valence-electron chi connectivity index (χ1n) is 5.86. The number of halogens is 1. The number of nitrogens with zero attached hydrogens (tertiary/aromatic N) is 3. The van der Waals surface area contributed by atoms with Gasteiger partial charge in [0.2, 0.25) is 0 Å². The maximum absolute atomic E-state index is 13.1. The smallest absolute Gasteiger partial charge is 0.151 e. The van der Waals surface area contributed by atoms with E-state index < -0.39 is 0 Å². The topological polar surface area (TPSA) is 46.1 Å². The summed E-state index contributed by atoms with van der Waals surface area (Å²) in [6.07, 6.45) is 0. The van der Waals surface area contributed by atoms with E-state index in [4.69, 9.17) is 0 Å². The van der Waals surface area contributed by atoms with Gasteiger partial charge >= 0.3 is 0 Å². The minimum atomic E-state index is -0.308. The highest BCUT2D eigenvalue weighted by Gasteiger charge is 2.07. The summed E-state index contributed by atoms with van der Waals surface area (Å²) < 4.78 is 13.1. The van der Waals surface area contributed by atoms with Crippen molar-refractivity contribution in [3.8, 4) is 11.3 Å². The van der Waals surface area contributed by atoms with Crippen molar-refractivity contribution >= 4 is 11.6 Å². The summed E-state index contributed by atoms with van der Waals surface area (Å²) in [6.45, 7) is 1.80. The minimum Gasteiger partial charge on any atom is -0.351 e. The maximum atomic E-state index is 13.1. The molecule has 4 nitrogen and oxygen atoms in total. The summed E-state index contributed by atoms with van der Waals surface area (Å²) in [5, 5.41) is 8.09. The van der Waals surface area contributed by atoms with Gasteiger partial charge in [-0.25, -0.2) is 4.39 Å². The largest absolute Gasteiger partial charge is 0.351 e. The van der Waals surface area contributed by atoms with Crippen LogP contribution in [0.15, 0.2) is 36.4 Å². The molecule has 5 heteroatoms. The van der Waals surface area contributed by atoms with Gasteiger partial charge in [0.1, 0.15) is 11.6 Å². The Kier molecular flexibility index (Phi) is 3.85. The molecule has 2 aromatic rings. The van der Waals surface area contributed by atoms with Gasteiger partial charge in [0.25, 0.3) is 0 Å². The molecule has 0 spiro atoms. The van der Waals surface area contributed by atoms with Crippen LogP contribution < -0.4 is 4.90 Å². The highest BCUT2D eigenvalue weighted by molar-refractivity contribution is 5.80. The van der Waals surface area contributed by atoms with Crippen LogP contribution in [0.3, 0.4) is 0 Å². The molecule has 1 heterocycles. The lowest BCUT2D eigenvalue weighted by atomic mass is 10.1. The molecule has 0 aliphatic rings. The zero-order valence-corrected chi connectivity index (χ0v) is 10.8. The average molecular weight is 259 g/mol. The molecule has 0 aliphatic heterocycles. The zero-order chi connectivity index (χ0) is 13.8. The molecule has 0 amide bonds. The Hall–Kier alpha value is -2.30. The van der Waals surface area contributed by atoms with E-state index in [1.165, 1.54) is 19.1 Å². The molecule has 0 radical (unpaired) electrons. The Balaban J connectivity index is 2.21. The number of hydrogen-bond donors (Lipinski definition) is 0. The Bertz CT molecular complexity index is 583. The van der Waals surface area contributed by atoms with E-state index in [2.05, 4.69) is 10.2 Å². The van der Waals surface area contributed by atoms with Crippen LogP contribution in [0.25, 0.3) is 11.3 Å². The maximum Gasteiger partial charge on any atom is 0.151 e. The van der Waals surface area contributed by atoms with Crippen molar-refractivity contribution in [1.82, 2.24) is 10.2 Å². The average Bonchev–Trinajstić information content (AvgIpc) is 2.38. The van der Waals surface area contributed by atoms with Gasteiger partial charge in [-0.3, -0.25) is 4.79 Å². The summed E-state index contributed by atoms with van der Waals surface area (Å²) >= 11 is 0. The number of likely N-dealkylation sites (N-methyl/N-ethyl adjacent to an activating group) is 1. The fraction of sp³-hybridized carbons (Fsp3) is 0.214. The number of anilines is 1. The second-order valence-electron chi connectivity index (χ2n) is 4.35. The second kappa shape index (κ2) is 5.56. The molecule has 0 atom stereocenters. The van der Waals surface area contributed by atoms with Gasteiger partial charge in [0.05, 0.1) is 12.2 Å². The van der Waals surface area contributed by atoms with Gasteiger partial charge in [-0.1, -0.05) is 12.1 Å². The Morgan fingerprint density at radius 1 is 1.26 bits per heavy atom. The first-order valence-corrected chi connectivity index (χ1v) is 5.86. The predicted octanol–water partition coefficient (Wildman–Crippen LogP) is 2.31. The van der Waals surface area contributed by atoms with E-state index in [1.807, 2.05) is 0 Å². The summed E-state index contributed by atoms with van der Waals surface area (Å²) in [5.74, 6) is 0.353. The highest BCUT2D eigenvalue weighted by Crippen LogP contribution is 2.18. The first-order chi connectivity index (χ1) is 9.06. The first kappa shape index (κ1) is 13.1. The number of ketones is 1. The monoisotopic (exact) mass is 259 g/mol. The lowest BCUT2D eigenvalue weighted by Crippen LogP contribution is -2.24. The van der Waals surface area contributed by atoms with E-state index in [0.29, 0.717) is 17.1 Å². The third-order valence-corrected chi connectivity index (χ3v) is 2.62. The molecule has 0 N–H and O–H groups in total. The van der Waals surface area contributed by atoms with Crippen molar-refractivity contribution in [1.29, 1.82) is 0 Å². The number of Topliss-reactive ketones (excluding diaryl/α,β-unsaturated/α-hetero) is 1. The molecule has 98 valence electrons. The molecule has 0 aliphatic carbocycles. The van der Waals surface area contributed by atoms with Crippen molar-refractivity contribution < 1.29 is 9.18 Å². The van der Waals surface area contributed by atoms with Crippen molar-refractivity contribution in [3.05, 3.63) is 42.2 Å². The molecule has 0 fully saturated rings. The number of hydrogen-bond acceptors (Lipinski definition) is 4. The number of benzene rings is 1. The van der Waals surface area contributed by atoms with Crippen molar-refractivity contribution in [2.24, 2.45) is 0 Å². The fourth-order valence-electron chi connectivity index (χ4n) is 1.75. The van der Waals surface area contributed by atoms with E-state index >= 15 is 0 Å². The number of carbonyl (C=O) groups excluding carboxylic acids is 1. The third-order valence-electron chi connectivity index (χ3n) is 2.62. The number of rotatable bonds is 4. The number of aromatic nitrogens is 2. The van der Waals surface area contributed by atoms with Crippen LogP contribution in [0, 0.1) is 5.82 Å². The molecule has 0 unspecified atom stereocenters. The van der Waals surface area contributed by atoms with Crippen molar-refractivity contribution in [2.75, 3.05) is 18.5 Å². The van der Waals surface area contributed by atoms with Crippen LogP contribution in [-0.2, 0) is 4.79 Å². The molecule has 0 saturated heterocycles. The lowest BCUT2D eigenvalue weighted by molar-refractivity contribution is -0.115. The summed E-state index contributed by atoms with van der Waals surface area (Å²) in [5.41, 5.74) is 1.27. The third kappa shape index (κ3) is 3.34. The van der Waals surface area contributed by atoms with Gasteiger partial charge < -0.3 is 4.90 Å². The zero-order valence-electron chi connectivity index (χ0n) is 10.8. The van der Waals surface area contributed by atoms with Crippen LogP contribution in [0.2, 0.25) is 0 Å². The molecule has 0 saturated carbocycles. The molecular formula is C14H14FN3O. The van der Waals surface area contributed by atoms with E-state index in [-0.39, 0.29) is 18.1 Å². The van der Waals surface area contributed by atoms with Gasteiger partial charge in [-0.15, -0.1) is 10.2 Å². The molecule has 0 bridgehead atoms. The van der Waals surface area contributed by atoms with Crippen LogP contribution >= 0.6 is 0 Å². The van der Waals surface area contributed by atoms with Crippen molar-refractivity contribution in [3.63, 3.8) is 0 Å². The summed E-state index contributed by atoms with van der Waals surface area (Å²) in [4.78, 5) is 12.7. The second-order valence-corrected chi connectivity index (χ2v) is 4.35.